The molecule has 0 heterocycles. The van der Waals surface area contributed by atoms with E-state index in [0.29, 0.717) is 12.2 Å². The number of hydrogen-bond donors (Lipinski definition) is 2. The SMILES string of the molecule is CNC(=O)N[C@]12CCC(C)(C)C[C@H]1[C@H]1C(=O)C[C@@H]3[C@@]4(C)C=C(C#N)C(=O)C(C)(C)[C@@H]4CC[C@@]3(C)[C@]1(C)CC2. The van der Waals surface area contributed by atoms with Crippen molar-refractivity contribution in [3.05, 3.63) is 11.6 Å². The molecule has 0 saturated heterocycles. The van der Waals surface area contributed by atoms with E-state index in [-0.39, 0.29) is 68.3 Å². The molecule has 0 aromatic rings. The van der Waals surface area contributed by atoms with Gasteiger partial charge in [-0.3, -0.25) is 9.59 Å². The lowest BCUT2D eigenvalue weighted by Crippen LogP contribution is -2.72. The molecule has 0 radical (unpaired) electrons. The second kappa shape index (κ2) is 8.18. The molecule has 6 heteroatoms. The monoisotopic (exact) mass is 521 g/mol. The Morgan fingerprint density at radius 2 is 1.61 bits per heavy atom. The molecule has 4 fully saturated rings. The standard InChI is InChI=1S/C32H47N3O3/c1-27(2)11-13-32(35-26(38)34-8)14-12-31(7)24(20(32)17-27)21(36)15-23-29(5)16-19(18-33)25(37)28(3,4)22(29)9-10-30(23,31)6/h16,20,22-24H,9-15,17H2,1-8H3,(H2,34,35,38)/t20-,22-,23+,24-,29-,30+,31+,32-/m0/s1. The third kappa shape index (κ3) is 3.38. The van der Waals surface area contributed by atoms with Crippen LogP contribution in [0, 0.1) is 62.1 Å². The maximum Gasteiger partial charge on any atom is 0.314 e. The van der Waals surface area contributed by atoms with Crippen LogP contribution < -0.4 is 10.6 Å². The van der Waals surface area contributed by atoms with Gasteiger partial charge in [0, 0.05) is 30.3 Å². The van der Waals surface area contributed by atoms with Crippen LogP contribution in [-0.4, -0.2) is 30.2 Å². The average Bonchev–Trinajstić information content (AvgIpc) is 2.83. The number of rotatable bonds is 1. The van der Waals surface area contributed by atoms with Gasteiger partial charge in [0.15, 0.2) is 5.78 Å². The van der Waals surface area contributed by atoms with E-state index < -0.39 is 5.41 Å². The van der Waals surface area contributed by atoms with Crippen LogP contribution in [-0.2, 0) is 9.59 Å². The summed E-state index contributed by atoms with van der Waals surface area (Å²) in [5, 5.41) is 16.0. The third-order valence-electron chi connectivity index (χ3n) is 13.1. The summed E-state index contributed by atoms with van der Waals surface area (Å²) in [4.78, 5) is 40.4. The van der Waals surface area contributed by atoms with Crippen LogP contribution in [0.15, 0.2) is 11.6 Å². The molecule has 38 heavy (non-hydrogen) atoms. The van der Waals surface area contributed by atoms with Gasteiger partial charge in [0.25, 0.3) is 0 Å². The summed E-state index contributed by atoms with van der Waals surface area (Å²) in [5.74, 6) is 0.458. The van der Waals surface area contributed by atoms with Crippen molar-refractivity contribution in [1.29, 1.82) is 5.26 Å². The third-order valence-corrected chi connectivity index (χ3v) is 13.1. The number of nitrogens with one attached hydrogen (secondary N) is 2. The molecule has 0 aromatic carbocycles. The van der Waals surface area contributed by atoms with Crippen molar-refractivity contribution in [3.8, 4) is 6.07 Å². The van der Waals surface area contributed by atoms with Crippen LogP contribution in [0.5, 0.6) is 0 Å². The lowest BCUT2D eigenvalue weighted by molar-refractivity contribution is -0.214. The van der Waals surface area contributed by atoms with Crippen molar-refractivity contribution < 1.29 is 14.4 Å². The Morgan fingerprint density at radius 3 is 2.24 bits per heavy atom. The molecule has 2 amide bonds. The summed E-state index contributed by atoms with van der Waals surface area (Å²) in [6.45, 7) is 15.6. The first kappa shape index (κ1) is 27.4. The molecule has 0 spiro atoms. The summed E-state index contributed by atoms with van der Waals surface area (Å²) in [7, 11) is 1.66. The predicted molar refractivity (Wildman–Crippen MR) is 147 cm³/mol. The number of nitriles is 1. The fourth-order valence-corrected chi connectivity index (χ4v) is 10.8. The Labute approximate surface area is 228 Å². The Balaban J connectivity index is 1.62. The van der Waals surface area contributed by atoms with Crippen molar-refractivity contribution in [2.45, 2.75) is 105 Å². The van der Waals surface area contributed by atoms with E-state index in [2.05, 4.69) is 51.3 Å². The number of ketones is 2. The molecule has 2 N–H and O–H groups in total. The molecular formula is C32H47N3O3. The van der Waals surface area contributed by atoms with Crippen LogP contribution >= 0.6 is 0 Å². The van der Waals surface area contributed by atoms with Crippen molar-refractivity contribution in [2.75, 3.05) is 7.05 Å². The van der Waals surface area contributed by atoms with Crippen LogP contribution in [0.2, 0.25) is 0 Å². The van der Waals surface area contributed by atoms with Crippen LogP contribution in [0.25, 0.3) is 0 Å². The van der Waals surface area contributed by atoms with Crippen molar-refractivity contribution >= 4 is 17.6 Å². The molecule has 208 valence electrons. The Kier molecular flexibility index (Phi) is 5.90. The number of Topliss-reactive ketones (excluding diaryl/α,β-unsaturated/α-hetero) is 2. The molecule has 8 atom stereocenters. The lowest BCUT2D eigenvalue weighted by atomic mass is 9.32. The number of carbonyl (C=O) groups is 3. The maximum atomic E-state index is 14.5. The molecule has 5 aliphatic carbocycles. The van der Waals surface area contributed by atoms with Crippen LogP contribution in [0.3, 0.4) is 0 Å². The van der Waals surface area contributed by atoms with Crippen LogP contribution in [0.1, 0.15) is 99.8 Å². The molecule has 0 aliphatic heterocycles. The van der Waals surface area contributed by atoms with E-state index in [1.807, 2.05) is 19.9 Å². The highest BCUT2D eigenvalue weighted by Gasteiger charge is 2.72. The first-order valence-corrected chi connectivity index (χ1v) is 14.7. The van der Waals surface area contributed by atoms with Gasteiger partial charge in [0.05, 0.1) is 5.57 Å². The largest absolute Gasteiger partial charge is 0.341 e. The van der Waals surface area contributed by atoms with E-state index >= 15 is 0 Å². The topological polar surface area (TPSA) is 99.1 Å². The number of nitrogens with zero attached hydrogens (tertiary/aromatic N) is 1. The van der Waals surface area contributed by atoms with Gasteiger partial charge < -0.3 is 10.6 Å². The molecular weight excluding hydrogens is 474 g/mol. The quantitative estimate of drug-likeness (QED) is 0.444. The van der Waals surface area contributed by atoms with Gasteiger partial charge in [-0.1, -0.05) is 54.5 Å². The van der Waals surface area contributed by atoms with E-state index in [1.54, 1.807) is 7.05 Å². The average molecular weight is 522 g/mol. The highest BCUT2D eigenvalue weighted by Crippen LogP contribution is 2.74. The number of hydrogen-bond acceptors (Lipinski definition) is 4. The van der Waals surface area contributed by atoms with Crippen molar-refractivity contribution in [3.63, 3.8) is 0 Å². The minimum atomic E-state index is -0.622. The van der Waals surface area contributed by atoms with Gasteiger partial charge in [0.1, 0.15) is 11.9 Å². The number of amides is 2. The molecule has 4 saturated carbocycles. The van der Waals surface area contributed by atoms with Gasteiger partial charge in [0.2, 0.25) is 0 Å². The van der Waals surface area contributed by atoms with Gasteiger partial charge in [-0.25, -0.2) is 4.79 Å². The Hall–Kier alpha value is -2.16. The fourth-order valence-electron chi connectivity index (χ4n) is 10.8. The smallest absolute Gasteiger partial charge is 0.314 e. The maximum absolute atomic E-state index is 14.5. The highest BCUT2D eigenvalue weighted by atomic mass is 16.2. The van der Waals surface area contributed by atoms with E-state index in [0.717, 1.165) is 44.9 Å². The summed E-state index contributed by atoms with van der Waals surface area (Å²) in [5.41, 5.74) is -1.29. The molecule has 6 nitrogen and oxygen atoms in total. The van der Waals surface area contributed by atoms with Crippen LogP contribution in [0.4, 0.5) is 4.79 Å². The number of carbonyl (C=O) groups excluding carboxylic acids is 3. The number of fused-ring (bicyclic) bond motifs is 7. The van der Waals surface area contributed by atoms with E-state index in [1.165, 1.54) is 0 Å². The zero-order chi connectivity index (χ0) is 28.1. The van der Waals surface area contributed by atoms with Gasteiger partial charge >= 0.3 is 6.03 Å². The highest BCUT2D eigenvalue weighted by molar-refractivity contribution is 6.04. The normalized spacial score (nSPS) is 46.8. The zero-order valence-electron chi connectivity index (χ0n) is 24.7. The lowest BCUT2D eigenvalue weighted by Gasteiger charge is -2.72. The molecule has 0 aromatic heterocycles. The summed E-state index contributed by atoms with van der Waals surface area (Å²) in [6, 6.07) is 2.06. The molecule has 5 rings (SSSR count). The molecule has 0 bridgehead atoms. The minimum absolute atomic E-state index is 0.0514. The van der Waals surface area contributed by atoms with Gasteiger partial charge in [-0.2, -0.15) is 5.26 Å². The number of allylic oxidation sites excluding steroid dienone is 2. The Bertz CT molecular complexity index is 1160. The minimum Gasteiger partial charge on any atom is -0.341 e. The second-order valence-corrected chi connectivity index (χ2v) is 15.5. The predicted octanol–water partition coefficient (Wildman–Crippen LogP) is 5.97. The van der Waals surface area contributed by atoms with Crippen molar-refractivity contribution in [1.82, 2.24) is 10.6 Å². The summed E-state index contributed by atoms with van der Waals surface area (Å²) in [6.07, 6.45) is 9.01. The number of urea groups is 1. The Morgan fingerprint density at radius 1 is 0.947 bits per heavy atom. The first-order chi connectivity index (χ1) is 17.5. The van der Waals surface area contributed by atoms with Crippen molar-refractivity contribution in [2.24, 2.45) is 50.7 Å². The molecule has 0 unspecified atom stereocenters. The fraction of sp³-hybridized carbons (Fsp3) is 0.812. The van der Waals surface area contributed by atoms with Gasteiger partial charge in [-0.05, 0) is 84.4 Å². The summed E-state index contributed by atoms with van der Waals surface area (Å²) >= 11 is 0. The second-order valence-electron chi connectivity index (χ2n) is 15.5. The van der Waals surface area contributed by atoms with Gasteiger partial charge in [-0.15, -0.1) is 0 Å². The zero-order valence-corrected chi connectivity index (χ0v) is 24.7. The van der Waals surface area contributed by atoms with E-state index in [9.17, 15) is 19.6 Å². The van der Waals surface area contributed by atoms with E-state index in [4.69, 9.17) is 0 Å². The summed E-state index contributed by atoms with van der Waals surface area (Å²) < 4.78 is 0. The first-order valence-electron chi connectivity index (χ1n) is 14.7. The molecule has 5 aliphatic rings.